The van der Waals surface area contributed by atoms with Gasteiger partial charge in [-0.1, -0.05) is 26.3 Å². The molecule has 0 heterocycles. The van der Waals surface area contributed by atoms with Crippen molar-refractivity contribution in [3.8, 4) is 0 Å². The van der Waals surface area contributed by atoms with Crippen molar-refractivity contribution in [3.05, 3.63) is 35.4 Å². The number of carboxylic acid groups (broad SMARTS) is 1. The SMILES string of the molecule is CCCC(O)(C(=O)O)C(C)c1ccc(F)c(F)c1. The molecule has 0 amide bonds. The lowest BCUT2D eigenvalue weighted by molar-refractivity contribution is -0.161. The zero-order valence-electron chi connectivity index (χ0n) is 10.3. The minimum absolute atomic E-state index is 0.0441. The highest BCUT2D eigenvalue weighted by molar-refractivity contribution is 5.78. The maximum Gasteiger partial charge on any atom is 0.336 e. The van der Waals surface area contributed by atoms with Crippen LogP contribution in [-0.2, 0) is 4.79 Å². The molecule has 0 aliphatic rings. The van der Waals surface area contributed by atoms with Gasteiger partial charge < -0.3 is 10.2 Å². The van der Waals surface area contributed by atoms with E-state index in [1.165, 1.54) is 13.0 Å². The monoisotopic (exact) mass is 258 g/mol. The molecule has 0 aromatic heterocycles. The Balaban J connectivity index is 3.13. The van der Waals surface area contributed by atoms with Crippen molar-refractivity contribution in [3.63, 3.8) is 0 Å². The van der Waals surface area contributed by atoms with Gasteiger partial charge in [-0.3, -0.25) is 0 Å². The van der Waals surface area contributed by atoms with Crippen molar-refractivity contribution < 1.29 is 23.8 Å². The number of halogens is 2. The summed E-state index contributed by atoms with van der Waals surface area (Å²) >= 11 is 0. The number of rotatable bonds is 5. The van der Waals surface area contributed by atoms with Crippen LogP contribution < -0.4 is 0 Å². The molecule has 1 aromatic rings. The molecule has 0 saturated carbocycles. The summed E-state index contributed by atoms with van der Waals surface area (Å²) in [5, 5.41) is 19.3. The number of hydrogen-bond donors (Lipinski definition) is 2. The second kappa shape index (κ2) is 5.44. The Morgan fingerprint density at radius 3 is 2.44 bits per heavy atom. The summed E-state index contributed by atoms with van der Waals surface area (Å²) in [5.74, 6) is -4.24. The number of benzene rings is 1. The first kappa shape index (κ1) is 14.6. The quantitative estimate of drug-likeness (QED) is 0.853. The van der Waals surface area contributed by atoms with Gasteiger partial charge >= 0.3 is 5.97 Å². The van der Waals surface area contributed by atoms with Gasteiger partial charge in [-0.15, -0.1) is 0 Å². The van der Waals surface area contributed by atoms with Gasteiger partial charge in [0.25, 0.3) is 0 Å². The summed E-state index contributed by atoms with van der Waals surface area (Å²) in [6.45, 7) is 3.22. The van der Waals surface area contributed by atoms with Crippen LogP contribution in [0, 0.1) is 11.6 Å². The van der Waals surface area contributed by atoms with Crippen LogP contribution in [0.2, 0.25) is 0 Å². The van der Waals surface area contributed by atoms with E-state index in [0.29, 0.717) is 6.42 Å². The molecule has 2 unspecified atom stereocenters. The van der Waals surface area contributed by atoms with E-state index in [4.69, 9.17) is 5.11 Å². The molecule has 1 rings (SSSR count). The number of carbonyl (C=O) groups is 1. The number of aliphatic carboxylic acids is 1. The lowest BCUT2D eigenvalue weighted by Crippen LogP contribution is -2.43. The molecule has 0 radical (unpaired) electrons. The maximum atomic E-state index is 13.1. The first-order valence-electron chi connectivity index (χ1n) is 5.73. The molecule has 0 saturated heterocycles. The number of aliphatic hydroxyl groups is 1. The molecular weight excluding hydrogens is 242 g/mol. The molecule has 1 aromatic carbocycles. The van der Waals surface area contributed by atoms with E-state index in [-0.39, 0.29) is 12.0 Å². The summed E-state index contributed by atoms with van der Waals surface area (Å²) in [6, 6.07) is 3.13. The van der Waals surface area contributed by atoms with Crippen LogP contribution in [0.5, 0.6) is 0 Å². The van der Waals surface area contributed by atoms with Crippen molar-refractivity contribution in [2.75, 3.05) is 0 Å². The van der Waals surface area contributed by atoms with Gasteiger partial charge in [0.2, 0.25) is 0 Å². The van der Waals surface area contributed by atoms with Gasteiger partial charge in [0.05, 0.1) is 0 Å². The van der Waals surface area contributed by atoms with E-state index >= 15 is 0 Å². The zero-order valence-corrected chi connectivity index (χ0v) is 10.3. The predicted octanol–water partition coefficient (Wildman–Crippen LogP) is 2.68. The minimum Gasteiger partial charge on any atom is -0.479 e. The van der Waals surface area contributed by atoms with Gasteiger partial charge in [-0.05, 0) is 24.1 Å². The van der Waals surface area contributed by atoms with Gasteiger partial charge in [0.15, 0.2) is 17.2 Å². The second-order valence-electron chi connectivity index (χ2n) is 4.37. The molecule has 3 nitrogen and oxygen atoms in total. The van der Waals surface area contributed by atoms with Gasteiger partial charge in [0.1, 0.15) is 0 Å². The highest BCUT2D eigenvalue weighted by Gasteiger charge is 2.41. The Labute approximate surface area is 104 Å². The second-order valence-corrected chi connectivity index (χ2v) is 4.37. The average Bonchev–Trinajstić information content (AvgIpc) is 2.31. The van der Waals surface area contributed by atoms with Crippen LogP contribution in [0.25, 0.3) is 0 Å². The summed E-state index contributed by atoms with van der Waals surface area (Å²) in [4.78, 5) is 11.2. The third-order valence-corrected chi connectivity index (χ3v) is 3.16. The molecule has 2 N–H and O–H groups in total. The molecule has 0 fully saturated rings. The van der Waals surface area contributed by atoms with Gasteiger partial charge in [-0.25, -0.2) is 13.6 Å². The first-order valence-corrected chi connectivity index (χ1v) is 5.73. The first-order chi connectivity index (χ1) is 8.32. The van der Waals surface area contributed by atoms with Crippen LogP contribution in [0.15, 0.2) is 18.2 Å². The summed E-state index contributed by atoms with van der Waals surface area (Å²) in [7, 11) is 0. The van der Waals surface area contributed by atoms with E-state index in [1.807, 2.05) is 0 Å². The third kappa shape index (κ3) is 2.67. The van der Waals surface area contributed by atoms with Crippen LogP contribution in [0.1, 0.15) is 38.2 Å². The molecular formula is C13H16F2O3. The van der Waals surface area contributed by atoms with Crippen LogP contribution >= 0.6 is 0 Å². The zero-order chi connectivity index (χ0) is 13.9. The van der Waals surface area contributed by atoms with Crippen molar-refractivity contribution in [1.29, 1.82) is 0 Å². The Morgan fingerprint density at radius 1 is 1.39 bits per heavy atom. The highest BCUT2D eigenvalue weighted by atomic mass is 19.2. The fourth-order valence-electron chi connectivity index (χ4n) is 1.95. The number of carboxylic acids is 1. The van der Waals surface area contributed by atoms with Crippen molar-refractivity contribution in [2.45, 2.75) is 38.2 Å². The normalized spacial score (nSPS) is 16.1. The minimum atomic E-state index is -1.97. The lowest BCUT2D eigenvalue weighted by Gasteiger charge is -2.30. The van der Waals surface area contributed by atoms with E-state index < -0.39 is 29.1 Å². The standard InChI is InChI=1S/C13H16F2O3/c1-3-6-13(18,12(16)17)8(2)9-4-5-10(14)11(15)7-9/h4-5,7-8,18H,3,6H2,1-2H3,(H,16,17). The third-order valence-electron chi connectivity index (χ3n) is 3.16. The topological polar surface area (TPSA) is 57.5 Å². The molecule has 0 bridgehead atoms. The van der Waals surface area contributed by atoms with Gasteiger partial charge in [0, 0.05) is 5.92 Å². The average molecular weight is 258 g/mol. The molecule has 18 heavy (non-hydrogen) atoms. The molecule has 2 atom stereocenters. The van der Waals surface area contributed by atoms with E-state index in [9.17, 15) is 18.7 Å². The highest BCUT2D eigenvalue weighted by Crippen LogP contribution is 2.32. The van der Waals surface area contributed by atoms with Crippen LogP contribution in [0.4, 0.5) is 8.78 Å². The smallest absolute Gasteiger partial charge is 0.336 e. The summed E-state index contributed by atoms with van der Waals surface area (Å²) in [6.07, 6.45) is 0.513. The van der Waals surface area contributed by atoms with E-state index in [1.54, 1.807) is 6.92 Å². The fraction of sp³-hybridized carbons (Fsp3) is 0.462. The fourth-order valence-corrected chi connectivity index (χ4v) is 1.95. The van der Waals surface area contributed by atoms with E-state index in [2.05, 4.69) is 0 Å². The van der Waals surface area contributed by atoms with Crippen molar-refractivity contribution >= 4 is 5.97 Å². The predicted molar refractivity (Wildman–Crippen MR) is 62.3 cm³/mol. The van der Waals surface area contributed by atoms with Crippen molar-refractivity contribution in [1.82, 2.24) is 0 Å². The Bertz CT molecular complexity index is 448. The largest absolute Gasteiger partial charge is 0.479 e. The van der Waals surface area contributed by atoms with Gasteiger partial charge in [-0.2, -0.15) is 0 Å². The van der Waals surface area contributed by atoms with Crippen LogP contribution in [0.3, 0.4) is 0 Å². The molecule has 0 aliphatic carbocycles. The summed E-state index contributed by atoms with van der Waals surface area (Å²) in [5.41, 5.74) is -1.72. The Hall–Kier alpha value is -1.49. The molecule has 0 spiro atoms. The Kier molecular flexibility index (Phi) is 4.40. The molecule has 0 aliphatic heterocycles. The van der Waals surface area contributed by atoms with E-state index in [0.717, 1.165) is 12.1 Å². The van der Waals surface area contributed by atoms with Crippen molar-refractivity contribution in [2.24, 2.45) is 0 Å². The Morgan fingerprint density at radius 2 is 2.00 bits per heavy atom. The van der Waals surface area contributed by atoms with Crippen LogP contribution in [-0.4, -0.2) is 21.8 Å². The maximum absolute atomic E-state index is 13.1. The summed E-state index contributed by atoms with van der Waals surface area (Å²) < 4.78 is 25.9. The molecule has 100 valence electrons. The molecule has 5 heteroatoms. The lowest BCUT2D eigenvalue weighted by atomic mass is 9.80. The number of hydrogen-bond acceptors (Lipinski definition) is 2.